The molecule has 0 atom stereocenters. The first-order chi connectivity index (χ1) is 14.8. The highest BCUT2D eigenvalue weighted by Crippen LogP contribution is 2.26. The van der Waals surface area contributed by atoms with Crippen LogP contribution in [0.1, 0.15) is 47.1 Å². The molecule has 0 aliphatic rings. The van der Waals surface area contributed by atoms with Crippen LogP contribution in [0.4, 0.5) is 0 Å². The minimum absolute atomic E-state index is 0.0979. The molecule has 2 N–H and O–H groups in total. The summed E-state index contributed by atoms with van der Waals surface area (Å²) in [5.74, 6) is -0.271. The fraction of sp³-hybridized carbons (Fsp3) is 0.250. The standard InChI is InChI=1S/C24H25N5O2/c1-14(2)29-22-20(13-26-29)18(11-21(28-22)17-8-6-5-7-9-17)23(30)25-12-19-15(3)10-16(4)27-24(19)31/h5-11,13-14H,12H2,1-4H3,(H,25,30)(H,27,31). The lowest BCUT2D eigenvalue weighted by Crippen LogP contribution is -2.28. The van der Waals surface area contributed by atoms with E-state index in [1.165, 1.54) is 0 Å². The van der Waals surface area contributed by atoms with Crippen LogP contribution in [0.2, 0.25) is 0 Å². The highest BCUT2D eigenvalue weighted by atomic mass is 16.1. The summed E-state index contributed by atoms with van der Waals surface area (Å²) in [5, 5.41) is 8.03. The lowest BCUT2D eigenvalue weighted by molar-refractivity contribution is 0.0952. The molecule has 3 aromatic heterocycles. The Balaban J connectivity index is 1.75. The summed E-state index contributed by atoms with van der Waals surface area (Å²) in [6.45, 7) is 7.89. The summed E-state index contributed by atoms with van der Waals surface area (Å²) in [7, 11) is 0. The van der Waals surface area contributed by atoms with Crippen molar-refractivity contribution in [1.82, 2.24) is 25.1 Å². The second-order valence-electron chi connectivity index (χ2n) is 7.97. The summed E-state index contributed by atoms with van der Waals surface area (Å²) in [5.41, 5.74) is 4.76. The van der Waals surface area contributed by atoms with Gasteiger partial charge in [0.1, 0.15) is 0 Å². The van der Waals surface area contributed by atoms with Crippen LogP contribution in [-0.4, -0.2) is 25.7 Å². The molecule has 7 heteroatoms. The monoisotopic (exact) mass is 415 g/mol. The van der Waals surface area contributed by atoms with Gasteiger partial charge in [-0.05, 0) is 45.4 Å². The van der Waals surface area contributed by atoms with Gasteiger partial charge < -0.3 is 10.3 Å². The largest absolute Gasteiger partial charge is 0.348 e. The van der Waals surface area contributed by atoms with E-state index >= 15 is 0 Å². The molecule has 0 aliphatic heterocycles. The van der Waals surface area contributed by atoms with Crippen LogP contribution < -0.4 is 10.9 Å². The quantitative estimate of drug-likeness (QED) is 0.517. The Morgan fingerprint density at radius 2 is 1.90 bits per heavy atom. The van der Waals surface area contributed by atoms with Gasteiger partial charge in [-0.25, -0.2) is 9.67 Å². The molecule has 1 amide bonds. The average molecular weight is 415 g/mol. The Morgan fingerprint density at radius 1 is 1.16 bits per heavy atom. The number of aryl methyl sites for hydroxylation is 2. The first-order valence-electron chi connectivity index (χ1n) is 10.3. The molecule has 0 fully saturated rings. The van der Waals surface area contributed by atoms with Crippen molar-refractivity contribution in [2.45, 2.75) is 40.3 Å². The molecular weight excluding hydrogens is 390 g/mol. The Morgan fingerprint density at radius 3 is 2.58 bits per heavy atom. The van der Waals surface area contributed by atoms with Gasteiger partial charge in [0.15, 0.2) is 5.65 Å². The van der Waals surface area contributed by atoms with Crippen molar-refractivity contribution in [3.8, 4) is 11.3 Å². The highest BCUT2D eigenvalue weighted by Gasteiger charge is 2.19. The lowest BCUT2D eigenvalue weighted by Gasteiger charge is -2.12. The van der Waals surface area contributed by atoms with Crippen molar-refractivity contribution in [3.05, 3.63) is 81.4 Å². The van der Waals surface area contributed by atoms with Crippen LogP contribution >= 0.6 is 0 Å². The molecule has 0 saturated heterocycles. The lowest BCUT2D eigenvalue weighted by atomic mass is 10.1. The number of fused-ring (bicyclic) bond motifs is 1. The molecule has 0 spiro atoms. The first-order valence-corrected chi connectivity index (χ1v) is 10.3. The van der Waals surface area contributed by atoms with Gasteiger partial charge >= 0.3 is 0 Å². The van der Waals surface area contributed by atoms with Gasteiger partial charge in [0, 0.05) is 29.4 Å². The predicted octanol–water partition coefficient (Wildman–Crippen LogP) is 3.91. The summed E-state index contributed by atoms with van der Waals surface area (Å²) in [4.78, 5) is 33.1. The van der Waals surface area contributed by atoms with Crippen LogP contribution in [0.25, 0.3) is 22.3 Å². The van der Waals surface area contributed by atoms with Gasteiger partial charge in [-0.2, -0.15) is 5.10 Å². The molecule has 4 aromatic rings. The number of nitrogens with zero attached hydrogens (tertiary/aromatic N) is 3. The minimum atomic E-state index is -0.271. The van der Waals surface area contributed by atoms with Gasteiger partial charge in [-0.15, -0.1) is 0 Å². The number of pyridine rings is 2. The number of benzene rings is 1. The molecule has 4 rings (SSSR count). The van der Waals surface area contributed by atoms with Crippen molar-refractivity contribution in [1.29, 1.82) is 0 Å². The Labute approximate surface area is 180 Å². The fourth-order valence-electron chi connectivity index (χ4n) is 3.71. The Bertz CT molecular complexity index is 1320. The number of nitrogens with one attached hydrogen (secondary N) is 2. The second-order valence-corrected chi connectivity index (χ2v) is 7.97. The van der Waals surface area contributed by atoms with E-state index in [0.29, 0.717) is 27.9 Å². The van der Waals surface area contributed by atoms with Crippen molar-refractivity contribution >= 4 is 16.9 Å². The van der Waals surface area contributed by atoms with Crippen molar-refractivity contribution in [3.63, 3.8) is 0 Å². The predicted molar refractivity (Wildman–Crippen MR) is 121 cm³/mol. The smallest absolute Gasteiger partial charge is 0.253 e. The van der Waals surface area contributed by atoms with E-state index < -0.39 is 0 Å². The third-order valence-electron chi connectivity index (χ3n) is 5.29. The zero-order valence-electron chi connectivity index (χ0n) is 18.1. The Kier molecular flexibility index (Phi) is 5.42. The zero-order chi connectivity index (χ0) is 22.1. The molecule has 31 heavy (non-hydrogen) atoms. The van der Waals surface area contributed by atoms with Gasteiger partial charge in [-0.3, -0.25) is 9.59 Å². The number of rotatable bonds is 5. The van der Waals surface area contributed by atoms with E-state index in [2.05, 4.69) is 15.4 Å². The van der Waals surface area contributed by atoms with Crippen molar-refractivity contribution < 1.29 is 4.79 Å². The van der Waals surface area contributed by atoms with Crippen LogP contribution in [0, 0.1) is 13.8 Å². The maximum atomic E-state index is 13.2. The molecule has 158 valence electrons. The molecule has 0 aliphatic carbocycles. The number of carbonyl (C=O) groups is 1. The van der Waals surface area contributed by atoms with E-state index in [1.54, 1.807) is 12.3 Å². The molecule has 0 unspecified atom stereocenters. The van der Waals surface area contributed by atoms with E-state index in [1.807, 2.05) is 68.8 Å². The average Bonchev–Trinajstić information content (AvgIpc) is 3.17. The number of aromatic nitrogens is 4. The number of hydrogen-bond acceptors (Lipinski definition) is 4. The van der Waals surface area contributed by atoms with Crippen molar-refractivity contribution in [2.24, 2.45) is 0 Å². The van der Waals surface area contributed by atoms with Crippen LogP contribution in [0.15, 0.2) is 53.5 Å². The first kappa shape index (κ1) is 20.5. The molecule has 7 nitrogen and oxygen atoms in total. The summed E-state index contributed by atoms with van der Waals surface area (Å²) in [6, 6.07) is 13.5. The highest BCUT2D eigenvalue weighted by molar-refractivity contribution is 6.06. The maximum Gasteiger partial charge on any atom is 0.253 e. The third kappa shape index (κ3) is 3.99. The second kappa shape index (κ2) is 8.18. The van der Waals surface area contributed by atoms with E-state index in [0.717, 1.165) is 16.8 Å². The topological polar surface area (TPSA) is 92.7 Å². The van der Waals surface area contributed by atoms with Gasteiger partial charge in [-0.1, -0.05) is 30.3 Å². The molecular formula is C24H25N5O2. The Hall–Kier alpha value is -3.74. The van der Waals surface area contributed by atoms with Crippen LogP contribution in [-0.2, 0) is 6.54 Å². The molecule has 3 heterocycles. The zero-order valence-corrected chi connectivity index (χ0v) is 18.1. The summed E-state index contributed by atoms with van der Waals surface area (Å²) in [6.07, 6.45) is 1.68. The van der Waals surface area contributed by atoms with E-state index in [4.69, 9.17) is 4.98 Å². The van der Waals surface area contributed by atoms with Crippen molar-refractivity contribution in [2.75, 3.05) is 0 Å². The summed E-state index contributed by atoms with van der Waals surface area (Å²) >= 11 is 0. The van der Waals surface area contributed by atoms with Crippen LogP contribution in [0.3, 0.4) is 0 Å². The van der Waals surface area contributed by atoms with E-state index in [9.17, 15) is 9.59 Å². The fourth-order valence-corrected chi connectivity index (χ4v) is 3.71. The number of carbonyl (C=O) groups excluding carboxylic acids is 1. The number of aromatic amines is 1. The third-order valence-corrected chi connectivity index (χ3v) is 5.29. The normalized spacial score (nSPS) is 11.3. The SMILES string of the molecule is Cc1cc(C)c(CNC(=O)c2cc(-c3ccccc3)nc3c2cnn3C(C)C)c(=O)[nH]1. The summed E-state index contributed by atoms with van der Waals surface area (Å²) < 4.78 is 1.81. The van der Waals surface area contributed by atoms with E-state index in [-0.39, 0.29) is 24.1 Å². The molecule has 0 radical (unpaired) electrons. The van der Waals surface area contributed by atoms with Gasteiger partial charge in [0.05, 0.1) is 22.8 Å². The maximum absolute atomic E-state index is 13.2. The minimum Gasteiger partial charge on any atom is -0.348 e. The number of H-pyrrole nitrogens is 1. The molecule has 0 bridgehead atoms. The number of hydrogen-bond donors (Lipinski definition) is 2. The molecule has 0 saturated carbocycles. The molecule has 1 aromatic carbocycles. The van der Waals surface area contributed by atoms with Gasteiger partial charge in [0.2, 0.25) is 0 Å². The van der Waals surface area contributed by atoms with Crippen LogP contribution in [0.5, 0.6) is 0 Å². The van der Waals surface area contributed by atoms with Gasteiger partial charge in [0.25, 0.3) is 11.5 Å². The number of amides is 1.